The van der Waals surface area contributed by atoms with Gasteiger partial charge in [0.25, 0.3) is 0 Å². The molecule has 0 aromatic carbocycles. The fourth-order valence-corrected chi connectivity index (χ4v) is 1.98. The number of carbonyl (C=O) groups excluding carboxylic acids is 1. The molecule has 0 spiro atoms. The van der Waals surface area contributed by atoms with Crippen molar-refractivity contribution >= 4 is 5.91 Å². The van der Waals surface area contributed by atoms with E-state index in [1.54, 1.807) is 4.90 Å². The van der Waals surface area contributed by atoms with Crippen LogP contribution in [0, 0.1) is 11.8 Å². The summed E-state index contributed by atoms with van der Waals surface area (Å²) in [4.78, 5) is 13.3. The average Bonchev–Trinajstić information content (AvgIpc) is 2.49. The van der Waals surface area contributed by atoms with E-state index in [1.165, 1.54) is 0 Å². The summed E-state index contributed by atoms with van der Waals surface area (Å²) < 4.78 is 0. The summed E-state index contributed by atoms with van der Waals surface area (Å²) >= 11 is 0. The van der Waals surface area contributed by atoms with Gasteiger partial charge in [0.1, 0.15) is 0 Å². The molecule has 2 unspecified atom stereocenters. The van der Waals surface area contributed by atoms with Crippen LogP contribution in [0.3, 0.4) is 0 Å². The minimum atomic E-state index is 0.199. The molecule has 0 aromatic heterocycles. The van der Waals surface area contributed by atoms with E-state index in [4.69, 9.17) is 5.73 Å². The molecule has 2 atom stereocenters. The van der Waals surface area contributed by atoms with Gasteiger partial charge in [-0.15, -0.1) is 0 Å². The minimum absolute atomic E-state index is 0.199. The van der Waals surface area contributed by atoms with Crippen LogP contribution in [-0.2, 0) is 4.79 Å². The van der Waals surface area contributed by atoms with Gasteiger partial charge in [-0.1, -0.05) is 6.42 Å². The zero-order valence-electron chi connectivity index (χ0n) is 7.92. The van der Waals surface area contributed by atoms with Crippen molar-refractivity contribution in [1.29, 1.82) is 0 Å². The number of nitrogens with two attached hydrogens (primary N) is 1. The van der Waals surface area contributed by atoms with Crippen LogP contribution in [0.15, 0.2) is 0 Å². The second kappa shape index (κ2) is 3.90. The van der Waals surface area contributed by atoms with E-state index in [0.717, 1.165) is 19.3 Å². The summed E-state index contributed by atoms with van der Waals surface area (Å²) in [5.41, 5.74) is 5.59. The normalized spacial score (nSPS) is 28.9. The standard InChI is InChI=1S/C9H18N2O/c1-11(2)9(12)8-5-3-4-7(8)6-10/h7-8H,3-6,10H2,1-2H3. The van der Waals surface area contributed by atoms with Gasteiger partial charge in [0.2, 0.25) is 5.91 Å². The maximum Gasteiger partial charge on any atom is 0.225 e. The van der Waals surface area contributed by atoms with E-state index in [-0.39, 0.29) is 11.8 Å². The first-order chi connectivity index (χ1) is 5.66. The van der Waals surface area contributed by atoms with Crippen molar-refractivity contribution in [3.8, 4) is 0 Å². The first kappa shape index (κ1) is 9.52. The first-order valence-corrected chi connectivity index (χ1v) is 4.58. The highest BCUT2D eigenvalue weighted by atomic mass is 16.2. The van der Waals surface area contributed by atoms with E-state index in [1.807, 2.05) is 14.1 Å². The Morgan fingerprint density at radius 1 is 1.50 bits per heavy atom. The first-order valence-electron chi connectivity index (χ1n) is 4.58. The fourth-order valence-electron chi connectivity index (χ4n) is 1.98. The monoisotopic (exact) mass is 170 g/mol. The summed E-state index contributed by atoms with van der Waals surface area (Å²) in [6.45, 7) is 0.657. The Labute approximate surface area is 73.9 Å². The zero-order chi connectivity index (χ0) is 9.14. The Bertz CT molecular complexity index is 168. The molecule has 0 radical (unpaired) electrons. The van der Waals surface area contributed by atoms with Gasteiger partial charge in [0, 0.05) is 20.0 Å². The molecule has 0 aliphatic heterocycles. The molecular weight excluding hydrogens is 152 g/mol. The molecule has 2 N–H and O–H groups in total. The Hall–Kier alpha value is -0.570. The summed E-state index contributed by atoms with van der Waals surface area (Å²) in [5.74, 6) is 0.882. The molecule has 0 heterocycles. The topological polar surface area (TPSA) is 46.3 Å². The maximum atomic E-state index is 11.6. The van der Waals surface area contributed by atoms with Gasteiger partial charge in [0.05, 0.1) is 0 Å². The van der Waals surface area contributed by atoms with Gasteiger partial charge in [-0.3, -0.25) is 4.79 Å². The number of hydrogen-bond acceptors (Lipinski definition) is 2. The number of hydrogen-bond donors (Lipinski definition) is 1. The summed E-state index contributed by atoms with van der Waals surface area (Å²) in [6.07, 6.45) is 3.31. The van der Waals surface area contributed by atoms with Gasteiger partial charge in [0.15, 0.2) is 0 Å². The molecule has 1 amide bonds. The molecule has 0 saturated heterocycles. The predicted octanol–water partition coefficient (Wildman–Crippen LogP) is 0.450. The van der Waals surface area contributed by atoms with E-state index in [2.05, 4.69) is 0 Å². The quantitative estimate of drug-likeness (QED) is 0.654. The van der Waals surface area contributed by atoms with Gasteiger partial charge in [-0.05, 0) is 25.3 Å². The lowest BCUT2D eigenvalue weighted by molar-refractivity contribution is -0.133. The lowest BCUT2D eigenvalue weighted by Crippen LogP contribution is -2.34. The third kappa shape index (κ3) is 1.78. The molecule has 1 fully saturated rings. The van der Waals surface area contributed by atoms with Crippen molar-refractivity contribution in [2.45, 2.75) is 19.3 Å². The molecule has 0 aromatic rings. The molecule has 0 bridgehead atoms. The lowest BCUT2D eigenvalue weighted by atomic mass is 9.95. The molecular formula is C9H18N2O. The SMILES string of the molecule is CN(C)C(=O)C1CCCC1CN. The van der Waals surface area contributed by atoms with Crippen molar-refractivity contribution in [3.05, 3.63) is 0 Å². The van der Waals surface area contributed by atoms with Crippen LogP contribution in [0.5, 0.6) is 0 Å². The van der Waals surface area contributed by atoms with Crippen LogP contribution < -0.4 is 5.73 Å². The number of amides is 1. The minimum Gasteiger partial charge on any atom is -0.349 e. The van der Waals surface area contributed by atoms with Crippen molar-refractivity contribution < 1.29 is 4.79 Å². The Morgan fingerprint density at radius 3 is 2.67 bits per heavy atom. The largest absolute Gasteiger partial charge is 0.349 e. The predicted molar refractivity (Wildman–Crippen MR) is 48.6 cm³/mol. The molecule has 1 rings (SSSR count). The third-order valence-corrected chi connectivity index (χ3v) is 2.72. The summed E-state index contributed by atoms with van der Waals surface area (Å²) in [5, 5.41) is 0. The van der Waals surface area contributed by atoms with Crippen molar-refractivity contribution in [2.75, 3.05) is 20.6 Å². The fraction of sp³-hybridized carbons (Fsp3) is 0.889. The Balaban J connectivity index is 2.55. The van der Waals surface area contributed by atoms with Gasteiger partial charge >= 0.3 is 0 Å². The molecule has 3 nitrogen and oxygen atoms in total. The van der Waals surface area contributed by atoms with Crippen molar-refractivity contribution in [3.63, 3.8) is 0 Å². The highest BCUT2D eigenvalue weighted by Gasteiger charge is 2.32. The second-order valence-electron chi connectivity index (χ2n) is 3.77. The molecule has 3 heteroatoms. The number of rotatable bonds is 2. The van der Waals surface area contributed by atoms with Crippen molar-refractivity contribution in [2.24, 2.45) is 17.6 Å². The van der Waals surface area contributed by atoms with Crippen LogP contribution >= 0.6 is 0 Å². The van der Waals surface area contributed by atoms with Gasteiger partial charge in [-0.2, -0.15) is 0 Å². The zero-order valence-corrected chi connectivity index (χ0v) is 7.92. The maximum absolute atomic E-state index is 11.6. The Morgan fingerprint density at radius 2 is 2.17 bits per heavy atom. The number of nitrogens with zero attached hydrogens (tertiary/aromatic N) is 1. The molecule has 1 saturated carbocycles. The molecule has 70 valence electrons. The summed E-state index contributed by atoms with van der Waals surface area (Å²) in [6, 6.07) is 0. The highest BCUT2D eigenvalue weighted by molar-refractivity contribution is 5.78. The lowest BCUT2D eigenvalue weighted by Gasteiger charge is -2.20. The van der Waals surface area contributed by atoms with Crippen LogP contribution in [-0.4, -0.2) is 31.4 Å². The highest BCUT2D eigenvalue weighted by Crippen LogP contribution is 2.31. The van der Waals surface area contributed by atoms with Gasteiger partial charge < -0.3 is 10.6 Å². The third-order valence-electron chi connectivity index (χ3n) is 2.72. The second-order valence-corrected chi connectivity index (χ2v) is 3.77. The molecule has 1 aliphatic carbocycles. The van der Waals surface area contributed by atoms with Crippen LogP contribution in [0.25, 0.3) is 0 Å². The van der Waals surface area contributed by atoms with Crippen LogP contribution in [0.1, 0.15) is 19.3 Å². The van der Waals surface area contributed by atoms with E-state index in [9.17, 15) is 4.79 Å². The van der Waals surface area contributed by atoms with Gasteiger partial charge in [-0.25, -0.2) is 0 Å². The number of carbonyl (C=O) groups is 1. The summed E-state index contributed by atoms with van der Waals surface area (Å²) in [7, 11) is 3.63. The van der Waals surface area contributed by atoms with E-state index < -0.39 is 0 Å². The van der Waals surface area contributed by atoms with Crippen molar-refractivity contribution in [1.82, 2.24) is 4.90 Å². The average molecular weight is 170 g/mol. The van der Waals surface area contributed by atoms with E-state index >= 15 is 0 Å². The van der Waals surface area contributed by atoms with Crippen LogP contribution in [0.2, 0.25) is 0 Å². The van der Waals surface area contributed by atoms with E-state index in [0.29, 0.717) is 12.5 Å². The van der Waals surface area contributed by atoms with Crippen LogP contribution in [0.4, 0.5) is 0 Å². The molecule has 1 aliphatic rings. The smallest absolute Gasteiger partial charge is 0.225 e. The Kier molecular flexibility index (Phi) is 3.09. The molecule has 12 heavy (non-hydrogen) atoms.